The molecule has 0 saturated carbocycles. The summed E-state index contributed by atoms with van der Waals surface area (Å²) in [5.74, 6) is -0.708. The van der Waals surface area contributed by atoms with Crippen molar-refractivity contribution in [2.45, 2.75) is 31.1 Å². The molecule has 6 heteroatoms. The summed E-state index contributed by atoms with van der Waals surface area (Å²) >= 11 is 0. The predicted octanol–water partition coefficient (Wildman–Crippen LogP) is 4.09. The second kappa shape index (κ2) is 9.34. The van der Waals surface area contributed by atoms with Gasteiger partial charge in [0.25, 0.3) is 0 Å². The minimum Gasteiger partial charge on any atom is -0.345 e. The van der Waals surface area contributed by atoms with Gasteiger partial charge in [-0.1, -0.05) is 36.4 Å². The van der Waals surface area contributed by atoms with Gasteiger partial charge in [-0.2, -0.15) is 0 Å². The van der Waals surface area contributed by atoms with Crippen molar-refractivity contribution < 1.29 is 14.0 Å². The van der Waals surface area contributed by atoms with Gasteiger partial charge in [0.05, 0.1) is 5.92 Å². The third kappa shape index (κ3) is 4.39. The largest absolute Gasteiger partial charge is 0.345 e. The lowest BCUT2D eigenvalue weighted by molar-refractivity contribution is -0.127. The van der Waals surface area contributed by atoms with Crippen LogP contribution in [0.25, 0.3) is 6.08 Å². The lowest BCUT2D eigenvalue weighted by Crippen LogP contribution is -2.43. The molecule has 178 valence electrons. The van der Waals surface area contributed by atoms with E-state index < -0.39 is 0 Å². The van der Waals surface area contributed by atoms with E-state index in [1.165, 1.54) is 23.3 Å². The summed E-state index contributed by atoms with van der Waals surface area (Å²) in [4.78, 5) is 31.2. The fourth-order valence-electron chi connectivity index (χ4n) is 5.74. The number of anilines is 1. The molecule has 2 aromatic carbocycles. The molecule has 2 fully saturated rings. The molecule has 2 aromatic rings. The third-order valence-electron chi connectivity index (χ3n) is 7.78. The molecule has 0 aromatic heterocycles. The van der Waals surface area contributed by atoms with Crippen LogP contribution < -0.4 is 4.90 Å². The van der Waals surface area contributed by atoms with E-state index in [0.717, 1.165) is 38.9 Å². The van der Waals surface area contributed by atoms with Crippen LogP contribution in [0.5, 0.6) is 0 Å². The van der Waals surface area contributed by atoms with Gasteiger partial charge in [-0.15, -0.1) is 0 Å². The van der Waals surface area contributed by atoms with Crippen molar-refractivity contribution in [1.29, 1.82) is 0 Å². The normalized spacial score (nSPS) is 21.3. The molecule has 2 saturated heterocycles. The van der Waals surface area contributed by atoms with Gasteiger partial charge in [-0.05, 0) is 74.3 Å². The maximum absolute atomic E-state index is 13.5. The van der Waals surface area contributed by atoms with Gasteiger partial charge in [-0.25, -0.2) is 4.39 Å². The number of carbonyl (C=O) groups is 2. The second-order valence-corrected chi connectivity index (χ2v) is 9.91. The average Bonchev–Trinajstić information content (AvgIpc) is 3.38. The molecule has 1 aliphatic carbocycles. The van der Waals surface area contributed by atoms with Gasteiger partial charge in [0.15, 0.2) is 0 Å². The molecule has 2 heterocycles. The number of piperidine rings is 1. The average molecular weight is 462 g/mol. The summed E-state index contributed by atoms with van der Waals surface area (Å²) in [7, 11) is 1.74. The number of fused-ring (bicyclic) bond motifs is 2. The highest BCUT2D eigenvalue weighted by Crippen LogP contribution is 2.43. The number of hydrogen-bond donors (Lipinski definition) is 0. The van der Waals surface area contributed by atoms with Crippen LogP contribution in [0.1, 0.15) is 36.8 Å². The van der Waals surface area contributed by atoms with Crippen molar-refractivity contribution in [3.05, 3.63) is 71.6 Å². The Morgan fingerprint density at radius 2 is 1.85 bits per heavy atom. The Morgan fingerprint density at radius 3 is 2.56 bits per heavy atom. The Labute approximate surface area is 200 Å². The fraction of sp³-hybridized carbons (Fsp3) is 0.429. The molecule has 2 amide bonds. The SMILES string of the molecule is CN1CC(C(=O)N(CCCN2CCC3(C=Cc4ccccc43)CC2)c2ccc(F)cc2)CC1=O. The molecule has 0 bridgehead atoms. The number of carbonyl (C=O) groups excluding carboxylic acids is 2. The molecule has 1 unspecified atom stereocenters. The Bertz CT molecular complexity index is 1090. The quantitative estimate of drug-likeness (QED) is 0.651. The Morgan fingerprint density at radius 1 is 1.12 bits per heavy atom. The van der Waals surface area contributed by atoms with Crippen LogP contribution in [-0.2, 0) is 15.0 Å². The number of rotatable bonds is 6. The molecule has 2 aliphatic heterocycles. The fourth-order valence-corrected chi connectivity index (χ4v) is 5.74. The van der Waals surface area contributed by atoms with Crippen LogP contribution in [0.4, 0.5) is 10.1 Å². The van der Waals surface area contributed by atoms with E-state index in [1.54, 1.807) is 29.0 Å². The van der Waals surface area contributed by atoms with Crippen LogP contribution >= 0.6 is 0 Å². The van der Waals surface area contributed by atoms with Gasteiger partial charge in [0.2, 0.25) is 11.8 Å². The van der Waals surface area contributed by atoms with Crippen molar-refractivity contribution >= 4 is 23.6 Å². The highest BCUT2D eigenvalue weighted by Gasteiger charge is 2.38. The van der Waals surface area contributed by atoms with Gasteiger partial charge < -0.3 is 14.7 Å². The number of allylic oxidation sites excluding steroid dienone is 1. The number of hydrogen-bond acceptors (Lipinski definition) is 3. The molecule has 5 nitrogen and oxygen atoms in total. The first kappa shape index (κ1) is 22.8. The van der Waals surface area contributed by atoms with E-state index in [0.29, 0.717) is 18.8 Å². The number of halogens is 1. The predicted molar refractivity (Wildman–Crippen MR) is 132 cm³/mol. The first-order chi connectivity index (χ1) is 16.4. The Hall–Kier alpha value is -2.99. The first-order valence-corrected chi connectivity index (χ1v) is 12.3. The molecular weight excluding hydrogens is 429 g/mol. The van der Waals surface area contributed by atoms with Crippen molar-refractivity contribution in [3.63, 3.8) is 0 Å². The molecule has 3 aliphatic rings. The van der Waals surface area contributed by atoms with E-state index in [2.05, 4.69) is 41.3 Å². The zero-order valence-corrected chi connectivity index (χ0v) is 19.8. The van der Waals surface area contributed by atoms with E-state index in [9.17, 15) is 14.0 Å². The van der Waals surface area contributed by atoms with Gasteiger partial charge in [-0.3, -0.25) is 9.59 Å². The van der Waals surface area contributed by atoms with E-state index in [4.69, 9.17) is 0 Å². The lowest BCUT2D eigenvalue weighted by Gasteiger charge is -2.39. The van der Waals surface area contributed by atoms with Crippen LogP contribution in [0.15, 0.2) is 54.6 Å². The summed E-state index contributed by atoms with van der Waals surface area (Å²) in [5, 5.41) is 0. The Balaban J connectivity index is 1.20. The van der Waals surface area contributed by atoms with E-state index in [-0.39, 0.29) is 35.4 Å². The molecule has 1 spiro atoms. The maximum atomic E-state index is 13.5. The van der Waals surface area contributed by atoms with Crippen LogP contribution in [-0.4, -0.2) is 61.4 Å². The summed E-state index contributed by atoms with van der Waals surface area (Å²) in [6.07, 6.45) is 7.96. The molecular formula is C28H32FN3O2. The molecule has 34 heavy (non-hydrogen) atoms. The number of nitrogens with zero attached hydrogens (tertiary/aromatic N) is 3. The summed E-state index contributed by atoms with van der Waals surface area (Å²) in [5.41, 5.74) is 3.67. The molecule has 1 atom stereocenters. The molecule has 5 rings (SSSR count). The highest BCUT2D eigenvalue weighted by atomic mass is 19.1. The first-order valence-electron chi connectivity index (χ1n) is 12.3. The van der Waals surface area contributed by atoms with Crippen LogP contribution in [0.3, 0.4) is 0 Å². The molecule has 0 radical (unpaired) electrons. The second-order valence-electron chi connectivity index (χ2n) is 9.91. The lowest BCUT2D eigenvalue weighted by atomic mass is 9.74. The summed E-state index contributed by atoms with van der Waals surface area (Å²) in [6.45, 7) is 3.98. The third-order valence-corrected chi connectivity index (χ3v) is 7.78. The number of amides is 2. The number of likely N-dealkylation sites (tertiary alicyclic amines) is 2. The van der Waals surface area contributed by atoms with Gasteiger partial charge in [0, 0.05) is 37.7 Å². The Kier molecular flexibility index (Phi) is 6.26. The topological polar surface area (TPSA) is 43.9 Å². The standard InChI is InChI=1S/C28H32FN3O2/c1-30-20-22(19-26(30)33)27(34)32(24-9-7-23(29)8-10-24)16-4-15-31-17-13-28(14-18-31)12-11-21-5-2-3-6-25(21)28/h2-3,5-12,22H,4,13-20H2,1H3. The summed E-state index contributed by atoms with van der Waals surface area (Å²) in [6, 6.07) is 14.8. The van der Waals surface area contributed by atoms with E-state index in [1.807, 2.05) is 0 Å². The minimum atomic E-state index is -0.341. The van der Waals surface area contributed by atoms with Crippen LogP contribution in [0.2, 0.25) is 0 Å². The van der Waals surface area contributed by atoms with Crippen molar-refractivity contribution in [2.24, 2.45) is 5.92 Å². The van der Waals surface area contributed by atoms with Crippen LogP contribution in [0, 0.1) is 11.7 Å². The van der Waals surface area contributed by atoms with Gasteiger partial charge >= 0.3 is 0 Å². The molecule has 0 N–H and O–H groups in total. The monoisotopic (exact) mass is 461 g/mol. The smallest absolute Gasteiger partial charge is 0.232 e. The zero-order valence-electron chi connectivity index (χ0n) is 19.8. The zero-order chi connectivity index (χ0) is 23.7. The maximum Gasteiger partial charge on any atom is 0.232 e. The summed E-state index contributed by atoms with van der Waals surface area (Å²) < 4.78 is 13.5. The van der Waals surface area contributed by atoms with Gasteiger partial charge in [0.1, 0.15) is 5.82 Å². The minimum absolute atomic E-state index is 0.00203. The van der Waals surface area contributed by atoms with E-state index >= 15 is 0 Å². The highest BCUT2D eigenvalue weighted by molar-refractivity contribution is 5.99. The van der Waals surface area contributed by atoms with Crippen molar-refractivity contribution in [2.75, 3.05) is 44.7 Å². The number of benzene rings is 2. The van der Waals surface area contributed by atoms with Crippen molar-refractivity contribution in [3.8, 4) is 0 Å². The van der Waals surface area contributed by atoms with Crippen molar-refractivity contribution in [1.82, 2.24) is 9.80 Å².